The van der Waals surface area contributed by atoms with Gasteiger partial charge in [0.1, 0.15) is 0 Å². The molecule has 3 aromatic carbocycles. The topological polar surface area (TPSA) is 57.8 Å². The Balaban J connectivity index is 1.40. The highest BCUT2D eigenvalue weighted by atomic mass is 35.5. The minimum absolute atomic E-state index is 0.0994. The Morgan fingerprint density at radius 2 is 1.76 bits per heavy atom. The number of aromatic nitrogens is 2. The van der Waals surface area contributed by atoms with Crippen LogP contribution in [0.3, 0.4) is 0 Å². The second-order valence-electron chi connectivity index (χ2n) is 6.09. The van der Waals surface area contributed by atoms with Gasteiger partial charge in [0, 0.05) is 19.8 Å². The van der Waals surface area contributed by atoms with Crippen molar-refractivity contribution in [3.8, 4) is 0 Å². The lowest BCUT2D eigenvalue weighted by Gasteiger charge is -2.10. The first-order chi connectivity index (χ1) is 14.1. The molecule has 0 spiro atoms. The van der Waals surface area contributed by atoms with Crippen LogP contribution in [-0.2, 0) is 4.79 Å². The summed E-state index contributed by atoms with van der Waals surface area (Å²) in [5, 5.41) is 5.01. The fourth-order valence-corrected chi connectivity index (χ4v) is 4.52. The Labute approximate surface area is 186 Å². The summed E-state index contributed by atoms with van der Waals surface area (Å²) in [6.45, 7) is 0. The molecule has 146 valence electrons. The van der Waals surface area contributed by atoms with Crippen LogP contribution in [0, 0.1) is 0 Å². The summed E-state index contributed by atoms with van der Waals surface area (Å²) in [6, 6.07) is 20.8. The van der Waals surface area contributed by atoms with E-state index in [0.29, 0.717) is 15.2 Å². The van der Waals surface area contributed by atoms with Gasteiger partial charge in [-0.3, -0.25) is 4.79 Å². The van der Waals surface area contributed by atoms with Crippen molar-refractivity contribution < 1.29 is 4.79 Å². The Morgan fingerprint density at radius 1 is 1.00 bits per heavy atom. The van der Waals surface area contributed by atoms with Gasteiger partial charge in [-0.2, -0.15) is 0 Å². The number of hydrogen-bond donors (Lipinski definition) is 2. The third-order valence-electron chi connectivity index (χ3n) is 3.96. The molecule has 1 heterocycles. The lowest BCUT2D eigenvalue weighted by molar-refractivity contribution is -0.113. The number of benzene rings is 3. The average molecular weight is 460 g/mol. The van der Waals surface area contributed by atoms with Crippen LogP contribution in [0.1, 0.15) is 0 Å². The molecule has 4 aromatic rings. The molecule has 0 bridgehead atoms. The van der Waals surface area contributed by atoms with Crippen LogP contribution in [-0.4, -0.2) is 21.6 Å². The number of rotatable bonds is 6. The number of carbonyl (C=O) groups excluding carboxylic acids is 1. The number of nitrogens with zero attached hydrogens (tertiary/aromatic N) is 1. The molecule has 1 aromatic heterocycles. The number of imidazole rings is 1. The molecule has 0 atom stereocenters. The number of fused-ring (bicyclic) bond motifs is 1. The van der Waals surface area contributed by atoms with Crippen LogP contribution in [0.25, 0.3) is 11.0 Å². The van der Waals surface area contributed by atoms with Crippen LogP contribution >= 0.6 is 46.7 Å². The molecule has 4 rings (SSSR count). The molecule has 0 aliphatic heterocycles. The lowest BCUT2D eigenvalue weighted by Crippen LogP contribution is -2.14. The minimum atomic E-state index is -0.0994. The highest BCUT2D eigenvalue weighted by molar-refractivity contribution is 8.00. The van der Waals surface area contributed by atoms with Crippen molar-refractivity contribution in [1.82, 2.24) is 9.97 Å². The molecule has 8 heteroatoms. The minimum Gasteiger partial charge on any atom is -0.333 e. The Kier molecular flexibility index (Phi) is 6.35. The number of carbonyl (C=O) groups is 1. The van der Waals surface area contributed by atoms with Gasteiger partial charge in [0.05, 0.1) is 22.5 Å². The molecule has 0 radical (unpaired) electrons. The lowest BCUT2D eigenvalue weighted by atomic mass is 10.3. The van der Waals surface area contributed by atoms with E-state index in [4.69, 9.17) is 23.2 Å². The maximum atomic E-state index is 12.5. The number of anilines is 1. The molecule has 0 saturated heterocycles. The van der Waals surface area contributed by atoms with Crippen molar-refractivity contribution >= 4 is 69.4 Å². The zero-order chi connectivity index (χ0) is 20.2. The fourth-order valence-electron chi connectivity index (χ4n) is 2.64. The first-order valence-electron chi connectivity index (χ1n) is 8.67. The van der Waals surface area contributed by atoms with Gasteiger partial charge in [-0.15, -0.1) is 0 Å². The number of aromatic amines is 1. The molecule has 0 aliphatic rings. The Hall–Kier alpha value is -2.12. The highest BCUT2D eigenvalue weighted by Crippen LogP contribution is 2.34. The second kappa shape index (κ2) is 9.13. The second-order valence-corrected chi connectivity index (χ2v) is 9.04. The van der Waals surface area contributed by atoms with E-state index < -0.39 is 0 Å². The van der Waals surface area contributed by atoms with Crippen molar-refractivity contribution in [3.05, 3.63) is 76.8 Å². The maximum absolute atomic E-state index is 12.5. The third-order valence-corrected chi connectivity index (χ3v) is 6.41. The van der Waals surface area contributed by atoms with Gasteiger partial charge in [0.25, 0.3) is 0 Å². The van der Waals surface area contributed by atoms with Crippen molar-refractivity contribution in [2.24, 2.45) is 0 Å². The predicted molar refractivity (Wildman–Crippen MR) is 122 cm³/mol. The van der Waals surface area contributed by atoms with Gasteiger partial charge in [-0.25, -0.2) is 4.98 Å². The van der Waals surface area contributed by atoms with Crippen molar-refractivity contribution in [1.29, 1.82) is 0 Å². The summed E-state index contributed by atoms with van der Waals surface area (Å²) in [5.41, 5.74) is 2.45. The summed E-state index contributed by atoms with van der Waals surface area (Å²) < 4.78 is 0. The van der Waals surface area contributed by atoms with Gasteiger partial charge in [-0.1, -0.05) is 58.9 Å². The van der Waals surface area contributed by atoms with Gasteiger partial charge in [-0.05, 0) is 54.6 Å². The molecule has 0 aliphatic carbocycles. The SMILES string of the molecule is O=C(CSc1nc2ccc(Cl)cc2[nH]1)Nc1ccccc1Sc1ccc(Cl)cc1. The predicted octanol–water partition coefficient (Wildman–Crippen LogP) is 6.75. The number of thioether (sulfide) groups is 1. The average Bonchev–Trinajstić information content (AvgIpc) is 3.11. The molecule has 1 amide bonds. The molecule has 2 N–H and O–H groups in total. The molecule has 29 heavy (non-hydrogen) atoms. The fraction of sp³-hybridized carbons (Fsp3) is 0.0476. The Morgan fingerprint density at radius 3 is 2.59 bits per heavy atom. The summed E-state index contributed by atoms with van der Waals surface area (Å²) in [4.78, 5) is 22.1. The van der Waals surface area contributed by atoms with Crippen LogP contribution < -0.4 is 5.32 Å². The van der Waals surface area contributed by atoms with Crippen molar-refractivity contribution in [3.63, 3.8) is 0 Å². The standard InChI is InChI=1S/C21H15Cl2N3OS2/c22-13-5-8-15(9-6-13)29-19-4-2-1-3-17(19)24-20(27)12-28-21-25-16-10-7-14(23)11-18(16)26-21/h1-11H,12H2,(H,24,27)(H,25,26). The normalized spacial score (nSPS) is 11.0. The third kappa shape index (κ3) is 5.28. The Bertz CT molecular complexity index is 1160. The number of halogens is 2. The summed E-state index contributed by atoms with van der Waals surface area (Å²) >= 11 is 14.9. The molecule has 0 fully saturated rings. The highest BCUT2D eigenvalue weighted by Gasteiger charge is 2.11. The van der Waals surface area contributed by atoms with Crippen LogP contribution in [0.15, 0.2) is 81.7 Å². The van der Waals surface area contributed by atoms with Crippen molar-refractivity contribution in [2.45, 2.75) is 14.9 Å². The number of amides is 1. The monoisotopic (exact) mass is 459 g/mol. The maximum Gasteiger partial charge on any atom is 0.234 e. The number of para-hydroxylation sites is 1. The molecule has 0 saturated carbocycles. The van der Waals surface area contributed by atoms with Gasteiger partial charge in [0.15, 0.2) is 5.16 Å². The van der Waals surface area contributed by atoms with Crippen LogP contribution in [0.4, 0.5) is 5.69 Å². The summed E-state index contributed by atoms with van der Waals surface area (Å²) in [6.07, 6.45) is 0. The zero-order valence-corrected chi connectivity index (χ0v) is 18.1. The van der Waals surface area contributed by atoms with Crippen LogP contribution in [0.2, 0.25) is 10.0 Å². The van der Waals surface area contributed by atoms with Gasteiger partial charge < -0.3 is 10.3 Å². The van der Waals surface area contributed by atoms with E-state index in [0.717, 1.165) is 26.5 Å². The quantitative estimate of drug-likeness (QED) is 0.313. The van der Waals surface area contributed by atoms with Crippen molar-refractivity contribution in [2.75, 3.05) is 11.1 Å². The van der Waals surface area contributed by atoms with Gasteiger partial charge >= 0.3 is 0 Å². The molecule has 4 nitrogen and oxygen atoms in total. The largest absolute Gasteiger partial charge is 0.333 e. The number of nitrogens with one attached hydrogen (secondary N) is 2. The summed E-state index contributed by atoms with van der Waals surface area (Å²) in [5.74, 6) is 0.144. The van der Waals surface area contributed by atoms with E-state index in [-0.39, 0.29) is 11.7 Å². The number of hydrogen-bond acceptors (Lipinski definition) is 4. The van der Waals surface area contributed by atoms with E-state index in [1.165, 1.54) is 11.8 Å². The van der Waals surface area contributed by atoms with E-state index >= 15 is 0 Å². The van der Waals surface area contributed by atoms with E-state index in [1.807, 2.05) is 60.7 Å². The van der Waals surface area contributed by atoms with E-state index in [1.54, 1.807) is 17.8 Å². The van der Waals surface area contributed by atoms with E-state index in [2.05, 4.69) is 15.3 Å². The summed E-state index contributed by atoms with van der Waals surface area (Å²) in [7, 11) is 0. The van der Waals surface area contributed by atoms with Crippen LogP contribution in [0.5, 0.6) is 0 Å². The first kappa shape index (κ1) is 20.2. The smallest absolute Gasteiger partial charge is 0.234 e. The number of H-pyrrole nitrogens is 1. The van der Waals surface area contributed by atoms with E-state index in [9.17, 15) is 4.79 Å². The molecule has 0 unspecified atom stereocenters. The zero-order valence-electron chi connectivity index (χ0n) is 15.0. The molecular formula is C21H15Cl2N3OS2. The first-order valence-corrected chi connectivity index (χ1v) is 11.2. The molecular weight excluding hydrogens is 445 g/mol. The van der Waals surface area contributed by atoms with Gasteiger partial charge in [0.2, 0.25) is 5.91 Å².